The molecular formula is C17H33N3. The number of nitrogens with two attached hydrogens (primary N) is 1. The Bertz CT molecular complexity index is 284. The Kier molecular flexibility index (Phi) is 9.60. The molecule has 0 radical (unpaired) electrons. The lowest BCUT2D eigenvalue weighted by molar-refractivity contribution is 0.182. The van der Waals surface area contributed by atoms with E-state index in [0.29, 0.717) is 6.17 Å². The molecule has 0 spiro atoms. The molecule has 1 aliphatic heterocycles. The Morgan fingerprint density at radius 1 is 1.20 bits per heavy atom. The van der Waals surface area contributed by atoms with Crippen LogP contribution in [0, 0.1) is 0 Å². The van der Waals surface area contributed by atoms with E-state index in [0.717, 1.165) is 13.0 Å². The smallest absolute Gasteiger partial charge is 0.103 e. The number of aliphatic imine (C=N–C) groups is 1. The molecule has 0 aromatic carbocycles. The SMILES string of the molecule is CC/C=C/CCCCCCCCC1N=CCN1C(C)N. The van der Waals surface area contributed by atoms with Gasteiger partial charge in [-0.25, -0.2) is 0 Å². The van der Waals surface area contributed by atoms with Crippen molar-refractivity contribution in [2.75, 3.05) is 6.54 Å². The first kappa shape index (κ1) is 17.4. The van der Waals surface area contributed by atoms with Gasteiger partial charge in [0.2, 0.25) is 0 Å². The van der Waals surface area contributed by atoms with Gasteiger partial charge in [-0.3, -0.25) is 9.89 Å². The second kappa shape index (κ2) is 11.0. The number of nitrogens with zero attached hydrogens (tertiary/aromatic N) is 2. The minimum Gasteiger partial charge on any atom is -0.316 e. The molecule has 0 fully saturated rings. The number of hydrogen-bond donors (Lipinski definition) is 1. The fourth-order valence-electron chi connectivity index (χ4n) is 2.73. The number of allylic oxidation sites excluding steroid dienone is 2. The van der Waals surface area contributed by atoms with Gasteiger partial charge in [-0.05, 0) is 39.0 Å². The molecule has 0 aliphatic carbocycles. The molecule has 1 rings (SSSR count). The third-order valence-electron chi connectivity index (χ3n) is 3.96. The summed E-state index contributed by atoms with van der Waals surface area (Å²) in [5.41, 5.74) is 5.95. The van der Waals surface area contributed by atoms with Crippen LogP contribution in [0.2, 0.25) is 0 Å². The third-order valence-corrected chi connectivity index (χ3v) is 3.96. The first-order chi connectivity index (χ1) is 9.75. The van der Waals surface area contributed by atoms with Gasteiger partial charge in [0.15, 0.2) is 0 Å². The maximum absolute atomic E-state index is 5.95. The standard InChI is InChI=1S/C17H33N3/c1-3-4-5-6-7-8-9-10-11-12-13-17-19-14-15-20(17)16(2)18/h4-5,14,16-17H,3,6-13,15,18H2,1-2H3/b5-4+. The molecule has 0 saturated heterocycles. The Morgan fingerprint density at radius 2 is 1.90 bits per heavy atom. The molecular weight excluding hydrogens is 246 g/mol. The van der Waals surface area contributed by atoms with Crippen LogP contribution in [0.15, 0.2) is 17.1 Å². The molecule has 1 heterocycles. The monoisotopic (exact) mass is 279 g/mol. The Morgan fingerprint density at radius 3 is 2.60 bits per heavy atom. The summed E-state index contributed by atoms with van der Waals surface area (Å²) in [6.07, 6.45) is 18.7. The van der Waals surface area contributed by atoms with Gasteiger partial charge < -0.3 is 5.73 Å². The molecule has 20 heavy (non-hydrogen) atoms. The molecule has 2 unspecified atom stereocenters. The zero-order chi connectivity index (χ0) is 14.6. The quantitative estimate of drug-likeness (QED) is 0.457. The minimum absolute atomic E-state index is 0.124. The lowest BCUT2D eigenvalue weighted by Gasteiger charge is -2.26. The third kappa shape index (κ3) is 7.20. The van der Waals surface area contributed by atoms with Gasteiger partial charge in [0.05, 0.1) is 6.17 Å². The van der Waals surface area contributed by atoms with E-state index in [1.54, 1.807) is 0 Å². The minimum atomic E-state index is 0.124. The predicted octanol–water partition coefficient (Wildman–Crippen LogP) is 4.09. The normalized spacial score (nSPS) is 21.1. The van der Waals surface area contributed by atoms with E-state index < -0.39 is 0 Å². The molecule has 0 aromatic heterocycles. The largest absolute Gasteiger partial charge is 0.316 e. The number of rotatable bonds is 11. The molecule has 1 aliphatic rings. The van der Waals surface area contributed by atoms with E-state index in [1.165, 1.54) is 51.4 Å². The molecule has 0 saturated carbocycles. The Hall–Kier alpha value is -0.670. The maximum Gasteiger partial charge on any atom is 0.103 e. The second-order valence-corrected chi connectivity index (χ2v) is 5.83. The molecule has 3 heteroatoms. The highest BCUT2D eigenvalue weighted by molar-refractivity contribution is 5.62. The summed E-state index contributed by atoms with van der Waals surface area (Å²) in [5, 5.41) is 0. The fourth-order valence-corrected chi connectivity index (χ4v) is 2.73. The highest BCUT2D eigenvalue weighted by Crippen LogP contribution is 2.17. The average Bonchev–Trinajstić information content (AvgIpc) is 2.89. The van der Waals surface area contributed by atoms with E-state index in [4.69, 9.17) is 5.73 Å². The van der Waals surface area contributed by atoms with Crippen molar-refractivity contribution >= 4 is 6.21 Å². The fraction of sp³-hybridized carbons (Fsp3) is 0.824. The second-order valence-electron chi connectivity index (χ2n) is 5.83. The maximum atomic E-state index is 5.95. The Labute approximate surface area is 125 Å². The summed E-state index contributed by atoms with van der Waals surface area (Å²) < 4.78 is 0. The predicted molar refractivity (Wildman–Crippen MR) is 89.0 cm³/mol. The molecule has 0 aromatic rings. The molecule has 3 nitrogen and oxygen atoms in total. The molecule has 2 N–H and O–H groups in total. The van der Waals surface area contributed by atoms with Crippen LogP contribution in [0.25, 0.3) is 0 Å². The van der Waals surface area contributed by atoms with Gasteiger partial charge >= 0.3 is 0 Å². The Balaban J connectivity index is 1.92. The number of hydrogen-bond acceptors (Lipinski definition) is 3. The first-order valence-electron chi connectivity index (χ1n) is 8.43. The lowest BCUT2D eigenvalue weighted by atomic mass is 10.1. The van der Waals surface area contributed by atoms with Crippen molar-refractivity contribution in [2.45, 2.75) is 84.0 Å². The highest BCUT2D eigenvalue weighted by atomic mass is 15.3. The van der Waals surface area contributed by atoms with Gasteiger partial charge in [-0.15, -0.1) is 0 Å². The lowest BCUT2D eigenvalue weighted by Crippen LogP contribution is -2.43. The summed E-state index contributed by atoms with van der Waals surface area (Å²) in [7, 11) is 0. The van der Waals surface area contributed by atoms with Crippen LogP contribution in [-0.4, -0.2) is 30.0 Å². The summed E-state index contributed by atoms with van der Waals surface area (Å²) in [4.78, 5) is 6.81. The van der Waals surface area contributed by atoms with Crippen LogP contribution in [-0.2, 0) is 0 Å². The molecule has 0 bridgehead atoms. The molecule has 2 atom stereocenters. The van der Waals surface area contributed by atoms with Crippen LogP contribution in [0.4, 0.5) is 0 Å². The van der Waals surface area contributed by atoms with Crippen LogP contribution >= 0.6 is 0 Å². The first-order valence-corrected chi connectivity index (χ1v) is 8.43. The summed E-state index contributed by atoms with van der Waals surface area (Å²) in [5.74, 6) is 0. The van der Waals surface area contributed by atoms with Gasteiger partial charge in [-0.1, -0.05) is 44.8 Å². The summed E-state index contributed by atoms with van der Waals surface area (Å²) in [6.45, 7) is 5.17. The van der Waals surface area contributed by atoms with Gasteiger partial charge in [0.1, 0.15) is 6.17 Å². The van der Waals surface area contributed by atoms with Crippen LogP contribution < -0.4 is 5.73 Å². The van der Waals surface area contributed by atoms with Crippen LogP contribution in [0.3, 0.4) is 0 Å². The van der Waals surface area contributed by atoms with Crippen molar-refractivity contribution in [3.8, 4) is 0 Å². The van der Waals surface area contributed by atoms with Crippen molar-refractivity contribution in [1.82, 2.24) is 4.90 Å². The van der Waals surface area contributed by atoms with E-state index in [1.807, 2.05) is 6.21 Å². The van der Waals surface area contributed by atoms with Crippen molar-refractivity contribution in [1.29, 1.82) is 0 Å². The van der Waals surface area contributed by atoms with Crippen molar-refractivity contribution in [3.63, 3.8) is 0 Å². The van der Waals surface area contributed by atoms with Crippen LogP contribution in [0.5, 0.6) is 0 Å². The topological polar surface area (TPSA) is 41.6 Å². The highest BCUT2D eigenvalue weighted by Gasteiger charge is 2.22. The zero-order valence-electron chi connectivity index (χ0n) is 13.4. The van der Waals surface area contributed by atoms with E-state index in [-0.39, 0.29) is 6.17 Å². The summed E-state index contributed by atoms with van der Waals surface area (Å²) >= 11 is 0. The zero-order valence-corrected chi connectivity index (χ0v) is 13.4. The van der Waals surface area contributed by atoms with Crippen molar-refractivity contribution < 1.29 is 0 Å². The van der Waals surface area contributed by atoms with E-state index >= 15 is 0 Å². The van der Waals surface area contributed by atoms with E-state index in [2.05, 4.69) is 35.9 Å². The van der Waals surface area contributed by atoms with Gasteiger partial charge in [0, 0.05) is 12.8 Å². The molecule has 116 valence electrons. The average molecular weight is 279 g/mol. The molecule has 0 amide bonds. The van der Waals surface area contributed by atoms with Gasteiger partial charge in [-0.2, -0.15) is 0 Å². The van der Waals surface area contributed by atoms with Gasteiger partial charge in [0.25, 0.3) is 0 Å². The van der Waals surface area contributed by atoms with Crippen LogP contribution in [0.1, 0.15) is 71.6 Å². The van der Waals surface area contributed by atoms with E-state index in [9.17, 15) is 0 Å². The number of unbranched alkanes of at least 4 members (excludes halogenated alkanes) is 6. The van der Waals surface area contributed by atoms with Crippen molar-refractivity contribution in [3.05, 3.63) is 12.2 Å². The van der Waals surface area contributed by atoms with Crippen molar-refractivity contribution in [2.24, 2.45) is 10.7 Å². The summed E-state index contributed by atoms with van der Waals surface area (Å²) in [6, 6.07) is 0.